The van der Waals surface area contributed by atoms with E-state index in [0.29, 0.717) is 0 Å². The molecule has 0 amide bonds. The fourth-order valence-corrected chi connectivity index (χ4v) is 13.4. The van der Waals surface area contributed by atoms with E-state index in [-0.39, 0.29) is 0 Å². The van der Waals surface area contributed by atoms with Gasteiger partial charge in [0.2, 0.25) is 0 Å². The van der Waals surface area contributed by atoms with Gasteiger partial charge in [0.1, 0.15) is 0 Å². The van der Waals surface area contributed by atoms with E-state index >= 15 is 0 Å². The van der Waals surface area contributed by atoms with Crippen LogP contribution in [0.5, 0.6) is 0 Å². The van der Waals surface area contributed by atoms with Crippen molar-refractivity contribution < 1.29 is 0 Å². The first-order valence-electron chi connectivity index (χ1n) is 26.1. The van der Waals surface area contributed by atoms with Gasteiger partial charge in [-0.05, 0) is 148 Å². The van der Waals surface area contributed by atoms with Crippen molar-refractivity contribution in [3.05, 3.63) is 301 Å². The molecule has 1 spiro atoms. The van der Waals surface area contributed by atoms with E-state index in [1.165, 1.54) is 121 Å². The molecule has 1 aromatic heterocycles. The highest BCUT2D eigenvalue weighted by molar-refractivity contribution is 6.26. The lowest BCUT2D eigenvalue weighted by atomic mass is 9.70. The van der Waals surface area contributed by atoms with E-state index in [1.54, 1.807) is 0 Å². The van der Waals surface area contributed by atoms with Crippen molar-refractivity contribution >= 4 is 71.2 Å². The van der Waals surface area contributed by atoms with Crippen molar-refractivity contribution in [3.63, 3.8) is 0 Å². The van der Waals surface area contributed by atoms with Crippen molar-refractivity contribution in [2.24, 2.45) is 0 Å². The number of hydrogen-bond acceptors (Lipinski definition) is 1. The third-order valence-corrected chi connectivity index (χ3v) is 16.6. The van der Waals surface area contributed by atoms with Gasteiger partial charge < -0.3 is 9.47 Å². The van der Waals surface area contributed by atoms with Crippen LogP contribution in [0, 0.1) is 0 Å². The highest BCUT2D eigenvalue weighted by Gasteiger charge is 2.52. The van der Waals surface area contributed by atoms with Gasteiger partial charge in [0.15, 0.2) is 0 Å². The molecule has 0 saturated heterocycles. The summed E-state index contributed by atoms with van der Waals surface area (Å²) < 4.78 is 2.53. The molecule has 14 aromatic rings. The fraction of sp³-hybridized carbons (Fsp3) is 0.0137. The largest absolute Gasteiger partial charge is 0.308 e. The van der Waals surface area contributed by atoms with Crippen LogP contribution in [0.3, 0.4) is 0 Å². The summed E-state index contributed by atoms with van der Waals surface area (Å²) in [5.41, 5.74) is 21.3. The van der Waals surface area contributed by atoms with Gasteiger partial charge in [-0.25, -0.2) is 0 Å². The molecule has 0 unspecified atom stereocenters. The maximum absolute atomic E-state index is 2.58. The third-order valence-electron chi connectivity index (χ3n) is 16.6. The summed E-state index contributed by atoms with van der Waals surface area (Å²) in [5, 5.41) is 9.96. The van der Waals surface area contributed by atoms with Gasteiger partial charge in [-0.2, -0.15) is 0 Å². The SMILES string of the molecule is c1ccc(-c2ccc(-c3ccc(N(c4ccc5c6ccccc6c6ccccc6c5c4)c4cc5c(cc4-n4c6ccccc6c6ccccc64)-c4ccccc4C54c5ccccc5-c5ccccc54)cc3)cc2)cc1. The first kappa shape index (κ1) is 41.8. The van der Waals surface area contributed by atoms with Crippen LogP contribution in [-0.2, 0) is 5.41 Å². The van der Waals surface area contributed by atoms with E-state index in [2.05, 4.69) is 289 Å². The number of benzene rings is 13. The Bertz CT molecular complexity index is 4500. The molecule has 2 heteroatoms. The smallest absolute Gasteiger partial charge is 0.0726 e. The second-order valence-corrected chi connectivity index (χ2v) is 20.3. The third kappa shape index (κ3) is 5.97. The Kier molecular flexibility index (Phi) is 8.99. The van der Waals surface area contributed by atoms with E-state index in [4.69, 9.17) is 0 Å². The van der Waals surface area contributed by atoms with E-state index in [9.17, 15) is 0 Å². The summed E-state index contributed by atoms with van der Waals surface area (Å²) in [7, 11) is 0. The summed E-state index contributed by atoms with van der Waals surface area (Å²) in [6.45, 7) is 0. The Morgan fingerprint density at radius 3 is 1.17 bits per heavy atom. The van der Waals surface area contributed by atoms with Crippen LogP contribution in [0.4, 0.5) is 17.1 Å². The van der Waals surface area contributed by atoms with Gasteiger partial charge in [-0.1, -0.05) is 231 Å². The minimum Gasteiger partial charge on any atom is -0.308 e. The second-order valence-electron chi connectivity index (χ2n) is 20.3. The van der Waals surface area contributed by atoms with Crippen molar-refractivity contribution in [2.45, 2.75) is 5.41 Å². The number of para-hydroxylation sites is 2. The summed E-state index contributed by atoms with van der Waals surface area (Å²) in [6, 6.07) is 104. The molecule has 348 valence electrons. The number of nitrogens with zero attached hydrogens (tertiary/aromatic N) is 2. The van der Waals surface area contributed by atoms with Gasteiger partial charge >= 0.3 is 0 Å². The molecular weight excluding hydrogens is 905 g/mol. The molecule has 2 aliphatic rings. The Morgan fingerprint density at radius 2 is 0.640 bits per heavy atom. The first-order valence-corrected chi connectivity index (χ1v) is 26.1. The Hall–Kier alpha value is -9.76. The van der Waals surface area contributed by atoms with Crippen molar-refractivity contribution in [2.75, 3.05) is 4.90 Å². The van der Waals surface area contributed by atoms with Crippen LogP contribution in [0.1, 0.15) is 22.3 Å². The lowest BCUT2D eigenvalue weighted by Crippen LogP contribution is -2.26. The molecule has 0 bridgehead atoms. The average molecular weight is 951 g/mol. The summed E-state index contributed by atoms with van der Waals surface area (Å²) >= 11 is 0. The fourth-order valence-electron chi connectivity index (χ4n) is 13.4. The van der Waals surface area contributed by atoms with Gasteiger partial charge in [0.05, 0.1) is 27.8 Å². The quantitative estimate of drug-likeness (QED) is 0.151. The predicted molar refractivity (Wildman–Crippen MR) is 315 cm³/mol. The molecule has 2 nitrogen and oxygen atoms in total. The van der Waals surface area contributed by atoms with Gasteiger partial charge in [0, 0.05) is 22.1 Å². The van der Waals surface area contributed by atoms with Crippen molar-refractivity contribution in [3.8, 4) is 50.2 Å². The van der Waals surface area contributed by atoms with E-state index in [0.717, 1.165) is 22.7 Å². The molecule has 2 aliphatic carbocycles. The van der Waals surface area contributed by atoms with Crippen LogP contribution < -0.4 is 4.90 Å². The van der Waals surface area contributed by atoms with Gasteiger partial charge in [0.25, 0.3) is 0 Å². The normalized spacial score (nSPS) is 12.9. The Balaban J connectivity index is 1.02. The summed E-state index contributed by atoms with van der Waals surface area (Å²) in [5.74, 6) is 0. The molecule has 0 N–H and O–H groups in total. The highest BCUT2D eigenvalue weighted by atomic mass is 15.2. The molecule has 0 saturated carbocycles. The van der Waals surface area contributed by atoms with Crippen LogP contribution >= 0.6 is 0 Å². The molecule has 1 heterocycles. The molecule has 0 atom stereocenters. The maximum atomic E-state index is 2.58. The summed E-state index contributed by atoms with van der Waals surface area (Å²) in [4.78, 5) is 2.55. The molecule has 0 fully saturated rings. The number of anilines is 3. The lowest BCUT2D eigenvalue weighted by molar-refractivity contribution is 0.793. The minimum absolute atomic E-state index is 0.548. The highest BCUT2D eigenvalue weighted by Crippen LogP contribution is 2.64. The molecule has 16 rings (SSSR count). The monoisotopic (exact) mass is 950 g/mol. The van der Waals surface area contributed by atoms with Crippen LogP contribution in [-0.4, -0.2) is 4.57 Å². The minimum atomic E-state index is -0.548. The molecule has 0 aliphatic heterocycles. The van der Waals surface area contributed by atoms with Crippen LogP contribution in [0.25, 0.3) is 104 Å². The average Bonchev–Trinajstić information content (AvgIpc) is 4.26. The second kappa shape index (κ2) is 16.1. The van der Waals surface area contributed by atoms with Crippen molar-refractivity contribution in [1.29, 1.82) is 0 Å². The van der Waals surface area contributed by atoms with E-state index < -0.39 is 5.41 Å². The van der Waals surface area contributed by atoms with Gasteiger partial charge in [-0.3, -0.25) is 0 Å². The lowest BCUT2D eigenvalue weighted by Gasteiger charge is -2.33. The molecule has 75 heavy (non-hydrogen) atoms. The maximum Gasteiger partial charge on any atom is 0.0726 e. The number of fused-ring (bicyclic) bond motifs is 19. The standard InChI is InChI=1S/C73H46N2/c1-2-18-47(19-3-1)48-34-36-49(37-35-48)50-38-40-51(41-39-50)74(52-42-43-57-55-22-5-4-20-53(55)54-21-6-7-23-56(54)63(57)44-52)72-46-68-64(45-71(72)75-69-32-16-11-27-61(69)62-28-12-17-33-70(62)75)60-26-10-15-31-67(60)73(68)65-29-13-8-24-58(65)59-25-9-14-30-66(59)73/h1-46H. The Labute approximate surface area is 435 Å². The Morgan fingerprint density at radius 1 is 0.253 bits per heavy atom. The zero-order valence-corrected chi connectivity index (χ0v) is 41.0. The number of hydrogen-bond donors (Lipinski definition) is 0. The zero-order chi connectivity index (χ0) is 49.2. The van der Waals surface area contributed by atoms with Crippen LogP contribution in [0.2, 0.25) is 0 Å². The van der Waals surface area contributed by atoms with Crippen LogP contribution in [0.15, 0.2) is 279 Å². The topological polar surface area (TPSA) is 8.17 Å². The zero-order valence-electron chi connectivity index (χ0n) is 41.0. The number of rotatable bonds is 6. The number of aromatic nitrogens is 1. The molecule has 13 aromatic carbocycles. The summed E-state index contributed by atoms with van der Waals surface area (Å²) in [6.07, 6.45) is 0. The first-order chi connectivity index (χ1) is 37.2. The molecule has 0 radical (unpaired) electrons. The van der Waals surface area contributed by atoms with Crippen molar-refractivity contribution in [1.82, 2.24) is 4.57 Å². The molecular formula is C73H46N2. The predicted octanol–water partition coefficient (Wildman–Crippen LogP) is 19.4. The van der Waals surface area contributed by atoms with Gasteiger partial charge in [-0.15, -0.1) is 0 Å². The van der Waals surface area contributed by atoms with E-state index in [1.807, 2.05) is 0 Å².